The molecule has 1 amide bonds. The second-order valence-corrected chi connectivity index (χ2v) is 6.04. The Balaban J connectivity index is 2.53. The molecule has 0 aliphatic rings. The molecule has 1 aromatic rings. The molecule has 3 N–H and O–H groups in total. The predicted octanol–water partition coefficient (Wildman–Crippen LogP) is 2.60. The lowest BCUT2D eigenvalue weighted by molar-refractivity contribution is -0.125. The molecule has 20 heavy (non-hydrogen) atoms. The van der Waals surface area contributed by atoms with Crippen molar-refractivity contribution in [1.29, 1.82) is 0 Å². The molecule has 1 aromatic carbocycles. The Morgan fingerprint density at radius 1 is 1.45 bits per heavy atom. The van der Waals surface area contributed by atoms with Crippen LogP contribution >= 0.6 is 11.6 Å². The van der Waals surface area contributed by atoms with E-state index in [2.05, 4.69) is 19.2 Å². The summed E-state index contributed by atoms with van der Waals surface area (Å²) in [4.78, 5) is 11.9. The minimum Gasteiger partial charge on any atom is -0.482 e. The minimum atomic E-state index is -0.408. The van der Waals surface area contributed by atoms with Crippen LogP contribution in [0, 0.1) is 5.92 Å². The molecule has 1 rings (SSSR count). The van der Waals surface area contributed by atoms with E-state index in [9.17, 15) is 4.79 Å². The van der Waals surface area contributed by atoms with Crippen LogP contribution in [0.25, 0.3) is 0 Å². The van der Waals surface area contributed by atoms with Crippen molar-refractivity contribution in [2.24, 2.45) is 11.7 Å². The van der Waals surface area contributed by atoms with E-state index >= 15 is 0 Å². The highest BCUT2D eigenvalue weighted by Gasteiger charge is 2.25. The third-order valence-corrected chi connectivity index (χ3v) is 3.26. The van der Waals surface area contributed by atoms with Crippen LogP contribution in [0.1, 0.15) is 27.2 Å². The lowest BCUT2D eigenvalue weighted by Crippen LogP contribution is -2.53. The SMILES string of the molecule is CC(C)CC(C)(CN)NC(=O)COc1ccccc1Cl. The van der Waals surface area contributed by atoms with Gasteiger partial charge in [0.25, 0.3) is 5.91 Å². The molecule has 1 unspecified atom stereocenters. The van der Waals surface area contributed by atoms with E-state index in [4.69, 9.17) is 22.1 Å². The topological polar surface area (TPSA) is 64.3 Å². The van der Waals surface area contributed by atoms with Gasteiger partial charge in [0.1, 0.15) is 5.75 Å². The van der Waals surface area contributed by atoms with Crippen LogP contribution in [0.5, 0.6) is 5.75 Å². The number of benzene rings is 1. The van der Waals surface area contributed by atoms with Gasteiger partial charge in [-0.25, -0.2) is 0 Å². The Morgan fingerprint density at radius 2 is 2.10 bits per heavy atom. The van der Waals surface area contributed by atoms with Gasteiger partial charge < -0.3 is 15.8 Å². The van der Waals surface area contributed by atoms with E-state index in [1.807, 2.05) is 19.1 Å². The van der Waals surface area contributed by atoms with Crippen LogP contribution in [-0.2, 0) is 4.79 Å². The first-order chi connectivity index (χ1) is 9.36. The summed E-state index contributed by atoms with van der Waals surface area (Å²) in [7, 11) is 0. The van der Waals surface area contributed by atoms with Crippen LogP contribution in [0.15, 0.2) is 24.3 Å². The highest BCUT2D eigenvalue weighted by Crippen LogP contribution is 2.23. The van der Waals surface area contributed by atoms with Crippen LogP contribution in [0.3, 0.4) is 0 Å². The average Bonchev–Trinajstić information content (AvgIpc) is 2.36. The summed E-state index contributed by atoms with van der Waals surface area (Å²) in [5, 5.41) is 3.42. The van der Waals surface area contributed by atoms with Crippen molar-refractivity contribution >= 4 is 17.5 Å². The van der Waals surface area contributed by atoms with Gasteiger partial charge in [-0.2, -0.15) is 0 Å². The number of para-hydroxylation sites is 1. The molecule has 0 heterocycles. The van der Waals surface area contributed by atoms with Crippen molar-refractivity contribution in [2.75, 3.05) is 13.2 Å². The number of hydrogen-bond donors (Lipinski definition) is 2. The van der Waals surface area contributed by atoms with Gasteiger partial charge in [-0.05, 0) is 31.4 Å². The van der Waals surface area contributed by atoms with Crippen molar-refractivity contribution in [3.8, 4) is 5.75 Å². The van der Waals surface area contributed by atoms with Crippen LogP contribution < -0.4 is 15.8 Å². The van der Waals surface area contributed by atoms with Crippen molar-refractivity contribution in [1.82, 2.24) is 5.32 Å². The summed E-state index contributed by atoms with van der Waals surface area (Å²) in [6.07, 6.45) is 0.821. The lowest BCUT2D eigenvalue weighted by atomic mass is 9.91. The van der Waals surface area contributed by atoms with Crippen molar-refractivity contribution < 1.29 is 9.53 Å². The molecule has 0 bridgehead atoms. The largest absolute Gasteiger partial charge is 0.482 e. The first kappa shape index (κ1) is 16.8. The van der Waals surface area contributed by atoms with E-state index in [0.717, 1.165) is 6.42 Å². The molecule has 5 heteroatoms. The summed E-state index contributed by atoms with van der Waals surface area (Å²) in [5.74, 6) is 0.759. The third kappa shape index (κ3) is 5.39. The molecule has 0 aliphatic carbocycles. The number of amides is 1. The molecule has 0 radical (unpaired) electrons. The zero-order chi connectivity index (χ0) is 15.2. The summed E-state index contributed by atoms with van der Waals surface area (Å²) >= 11 is 5.96. The summed E-state index contributed by atoms with van der Waals surface area (Å²) in [6.45, 7) is 6.46. The van der Waals surface area contributed by atoms with Gasteiger partial charge in [-0.15, -0.1) is 0 Å². The van der Waals surface area contributed by atoms with Gasteiger partial charge in [0.2, 0.25) is 0 Å². The fraction of sp³-hybridized carbons (Fsp3) is 0.533. The fourth-order valence-electron chi connectivity index (χ4n) is 2.16. The van der Waals surface area contributed by atoms with E-state index in [-0.39, 0.29) is 12.5 Å². The van der Waals surface area contributed by atoms with Gasteiger partial charge in [0.05, 0.1) is 5.02 Å². The minimum absolute atomic E-state index is 0.0720. The van der Waals surface area contributed by atoms with Crippen LogP contribution in [0.4, 0.5) is 0 Å². The Hall–Kier alpha value is -1.26. The maximum atomic E-state index is 11.9. The van der Waals surface area contributed by atoms with Crippen LogP contribution in [-0.4, -0.2) is 24.6 Å². The van der Waals surface area contributed by atoms with Gasteiger partial charge in [0, 0.05) is 12.1 Å². The summed E-state index contributed by atoms with van der Waals surface area (Å²) in [5.41, 5.74) is 5.35. The first-order valence-electron chi connectivity index (χ1n) is 6.75. The highest BCUT2D eigenvalue weighted by molar-refractivity contribution is 6.32. The zero-order valence-corrected chi connectivity index (χ0v) is 13.0. The molecule has 0 aromatic heterocycles. The predicted molar refractivity (Wildman–Crippen MR) is 82.0 cm³/mol. The Bertz CT molecular complexity index is 451. The normalized spacial score (nSPS) is 13.9. The third-order valence-electron chi connectivity index (χ3n) is 2.95. The van der Waals surface area contributed by atoms with Crippen molar-refractivity contribution in [3.63, 3.8) is 0 Å². The summed E-state index contributed by atoms with van der Waals surface area (Å²) < 4.78 is 5.41. The van der Waals surface area contributed by atoms with Crippen molar-refractivity contribution in [3.05, 3.63) is 29.3 Å². The Kier molecular flexibility index (Phi) is 6.30. The molecule has 0 spiro atoms. The van der Waals surface area contributed by atoms with E-state index in [0.29, 0.717) is 23.2 Å². The molecular weight excluding hydrogens is 276 g/mol. The van der Waals surface area contributed by atoms with E-state index in [1.54, 1.807) is 12.1 Å². The first-order valence-corrected chi connectivity index (χ1v) is 7.12. The second kappa shape index (κ2) is 7.50. The second-order valence-electron chi connectivity index (χ2n) is 5.63. The number of nitrogens with two attached hydrogens (primary N) is 1. The number of nitrogens with one attached hydrogen (secondary N) is 1. The van der Waals surface area contributed by atoms with Crippen LogP contribution in [0.2, 0.25) is 5.02 Å². The molecule has 0 saturated heterocycles. The fourth-order valence-corrected chi connectivity index (χ4v) is 2.35. The maximum Gasteiger partial charge on any atom is 0.258 e. The van der Waals surface area contributed by atoms with E-state index in [1.165, 1.54) is 0 Å². The average molecular weight is 299 g/mol. The monoisotopic (exact) mass is 298 g/mol. The number of halogens is 1. The number of carbonyl (C=O) groups excluding carboxylic acids is 1. The Labute approximate surface area is 125 Å². The number of ether oxygens (including phenoxy) is 1. The van der Waals surface area contributed by atoms with Gasteiger partial charge in [-0.3, -0.25) is 4.79 Å². The molecule has 0 saturated carbocycles. The zero-order valence-electron chi connectivity index (χ0n) is 12.3. The molecule has 4 nitrogen and oxygen atoms in total. The standard InChI is InChI=1S/C15H23ClN2O2/c1-11(2)8-15(3,10-17)18-14(19)9-20-13-7-5-4-6-12(13)16/h4-7,11H,8-10,17H2,1-3H3,(H,18,19). The number of rotatable bonds is 7. The number of carbonyl (C=O) groups is 1. The van der Waals surface area contributed by atoms with Gasteiger partial charge in [0.15, 0.2) is 6.61 Å². The molecule has 1 atom stereocenters. The highest BCUT2D eigenvalue weighted by atomic mass is 35.5. The Morgan fingerprint density at radius 3 is 2.65 bits per heavy atom. The molecular formula is C15H23ClN2O2. The van der Waals surface area contributed by atoms with Gasteiger partial charge >= 0.3 is 0 Å². The molecule has 0 aliphatic heterocycles. The maximum absolute atomic E-state index is 11.9. The molecule has 0 fully saturated rings. The van der Waals surface area contributed by atoms with Gasteiger partial charge in [-0.1, -0.05) is 37.6 Å². The lowest BCUT2D eigenvalue weighted by Gasteiger charge is -2.31. The smallest absolute Gasteiger partial charge is 0.258 e. The van der Waals surface area contributed by atoms with E-state index < -0.39 is 5.54 Å². The van der Waals surface area contributed by atoms with Crippen molar-refractivity contribution in [2.45, 2.75) is 32.7 Å². The molecule has 112 valence electrons. The number of hydrogen-bond acceptors (Lipinski definition) is 3. The summed E-state index contributed by atoms with van der Waals surface area (Å²) in [6, 6.07) is 7.06. The quantitative estimate of drug-likeness (QED) is 0.813.